The van der Waals surface area contributed by atoms with E-state index in [1.165, 1.54) is 64.2 Å². The average Bonchev–Trinajstić information content (AvgIpc) is 2.75. The molecule has 4 unspecified atom stereocenters. The van der Waals surface area contributed by atoms with Crippen LogP contribution in [-0.4, -0.2) is 0 Å². The molecule has 0 bridgehead atoms. The Morgan fingerprint density at radius 1 is 0.767 bits per heavy atom. The van der Waals surface area contributed by atoms with E-state index in [1.54, 1.807) is 12.1 Å². The Bertz CT molecular complexity index is 665. The average molecular weight is 417 g/mol. The minimum Gasteiger partial charge on any atom is -0.207 e. The molecule has 3 aliphatic rings. The summed E-state index contributed by atoms with van der Waals surface area (Å²) in [4.78, 5) is 0. The molecule has 1 aromatic carbocycles. The van der Waals surface area contributed by atoms with Gasteiger partial charge in [0.15, 0.2) is 0 Å². The molecule has 0 aromatic heterocycles. The number of fused-ring (bicyclic) bond motifs is 1. The SMILES string of the molecule is CCCc1c(F)cc(C2CCC3CC(CCC4CCC(C)CC4)CCC3C2)cc1F. The van der Waals surface area contributed by atoms with Crippen LogP contribution in [0.2, 0.25) is 0 Å². The van der Waals surface area contributed by atoms with Gasteiger partial charge < -0.3 is 0 Å². The lowest BCUT2D eigenvalue weighted by atomic mass is 9.63. The van der Waals surface area contributed by atoms with Crippen LogP contribution in [0.4, 0.5) is 8.78 Å². The van der Waals surface area contributed by atoms with Gasteiger partial charge in [-0.15, -0.1) is 0 Å². The van der Waals surface area contributed by atoms with Gasteiger partial charge in [0.05, 0.1) is 0 Å². The fraction of sp³-hybridized carbons (Fsp3) is 0.786. The summed E-state index contributed by atoms with van der Waals surface area (Å²) in [6.07, 6.45) is 17.6. The van der Waals surface area contributed by atoms with Gasteiger partial charge in [0.2, 0.25) is 0 Å². The molecule has 2 heteroatoms. The Morgan fingerprint density at radius 3 is 2.07 bits per heavy atom. The van der Waals surface area contributed by atoms with Crippen molar-refractivity contribution in [3.05, 3.63) is 34.9 Å². The van der Waals surface area contributed by atoms with Gasteiger partial charge in [-0.25, -0.2) is 8.78 Å². The number of benzene rings is 1. The maximum absolute atomic E-state index is 14.5. The van der Waals surface area contributed by atoms with E-state index in [0.29, 0.717) is 12.3 Å². The zero-order chi connectivity index (χ0) is 21.1. The van der Waals surface area contributed by atoms with Gasteiger partial charge in [-0.05, 0) is 91.7 Å². The molecule has 0 aliphatic heterocycles. The highest BCUT2D eigenvalue weighted by atomic mass is 19.1. The highest BCUT2D eigenvalue weighted by Gasteiger charge is 2.36. The van der Waals surface area contributed by atoms with Crippen molar-refractivity contribution in [3.63, 3.8) is 0 Å². The topological polar surface area (TPSA) is 0 Å². The Hall–Kier alpha value is -0.920. The van der Waals surface area contributed by atoms with Crippen LogP contribution in [0.25, 0.3) is 0 Å². The smallest absolute Gasteiger partial charge is 0.129 e. The second kappa shape index (κ2) is 10.1. The van der Waals surface area contributed by atoms with E-state index in [2.05, 4.69) is 6.92 Å². The first-order valence-corrected chi connectivity index (χ1v) is 13.0. The lowest BCUT2D eigenvalue weighted by Crippen LogP contribution is -2.30. The van der Waals surface area contributed by atoms with Crippen LogP contribution < -0.4 is 0 Å². The molecule has 3 aliphatic carbocycles. The number of hydrogen-bond acceptors (Lipinski definition) is 0. The van der Waals surface area contributed by atoms with E-state index < -0.39 is 0 Å². The van der Waals surface area contributed by atoms with Gasteiger partial charge in [-0.3, -0.25) is 0 Å². The fourth-order valence-electron chi connectivity index (χ4n) is 6.99. The molecule has 0 N–H and O–H groups in total. The molecule has 0 nitrogen and oxygen atoms in total. The molecule has 0 spiro atoms. The van der Waals surface area contributed by atoms with Crippen LogP contribution in [0.15, 0.2) is 12.1 Å². The van der Waals surface area contributed by atoms with Crippen molar-refractivity contribution in [2.24, 2.45) is 29.6 Å². The van der Waals surface area contributed by atoms with Gasteiger partial charge in [-0.1, -0.05) is 65.2 Å². The summed E-state index contributed by atoms with van der Waals surface area (Å²) in [7, 11) is 0. The first-order valence-electron chi connectivity index (χ1n) is 13.0. The Labute approximate surface area is 183 Å². The van der Waals surface area contributed by atoms with E-state index in [9.17, 15) is 8.78 Å². The molecule has 0 saturated heterocycles. The summed E-state index contributed by atoms with van der Waals surface area (Å²) in [5.74, 6) is 4.23. The van der Waals surface area contributed by atoms with E-state index in [1.807, 2.05) is 6.92 Å². The molecule has 3 fully saturated rings. The molecule has 1 aromatic rings. The largest absolute Gasteiger partial charge is 0.207 e. The van der Waals surface area contributed by atoms with Gasteiger partial charge in [0.1, 0.15) is 11.6 Å². The Morgan fingerprint density at radius 2 is 1.37 bits per heavy atom. The lowest BCUT2D eigenvalue weighted by molar-refractivity contribution is 0.109. The highest BCUT2D eigenvalue weighted by molar-refractivity contribution is 5.29. The predicted octanol–water partition coefficient (Wildman–Crippen LogP) is 8.82. The quantitative estimate of drug-likeness (QED) is 0.434. The monoisotopic (exact) mass is 416 g/mol. The van der Waals surface area contributed by atoms with Crippen molar-refractivity contribution in [1.29, 1.82) is 0 Å². The summed E-state index contributed by atoms with van der Waals surface area (Å²) in [5, 5.41) is 0. The fourth-order valence-corrected chi connectivity index (χ4v) is 6.99. The van der Waals surface area contributed by atoms with Gasteiger partial charge in [0, 0.05) is 5.56 Å². The van der Waals surface area contributed by atoms with Gasteiger partial charge >= 0.3 is 0 Å². The predicted molar refractivity (Wildman–Crippen MR) is 122 cm³/mol. The molecular formula is C28H42F2. The van der Waals surface area contributed by atoms with Crippen LogP contribution in [-0.2, 0) is 6.42 Å². The number of rotatable bonds is 6. The lowest BCUT2D eigenvalue weighted by Gasteiger charge is -2.43. The maximum Gasteiger partial charge on any atom is 0.129 e. The minimum atomic E-state index is -0.324. The van der Waals surface area contributed by atoms with Crippen molar-refractivity contribution < 1.29 is 8.78 Å². The molecule has 4 rings (SSSR count). The van der Waals surface area contributed by atoms with E-state index >= 15 is 0 Å². The first kappa shape index (κ1) is 22.3. The number of hydrogen-bond donors (Lipinski definition) is 0. The van der Waals surface area contributed by atoms with E-state index in [0.717, 1.165) is 54.4 Å². The standard InChI is InChI=1S/C28H42F2/c1-3-4-26-27(29)17-25(18-28(26)30)24-14-13-22-15-21(11-12-23(22)16-24)10-9-20-7-5-19(2)6-8-20/h17-24H,3-16H2,1-2H3. The normalized spacial score (nSPS) is 34.5. The summed E-state index contributed by atoms with van der Waals surface area (Å²) in [6, 6.07) is 3.30. The van der Waals surface area contributed by atoms with Crippen LogP contribution >= 0.6 is 0 Å². The molecule has 3 saturated carbocycles. The first-order chi connectivity index (χ1) is 14.5. The molecule has 0 heterocycles. The summed E-state index contributed by atoms with van der Waals surface area (Å²) in [6.45, 7) is 4.39. The van der Waals surface area contributed by atoms with Crippen molar-refractivity contribution in [2.45, 2.75) is 110 Å². The molecular weight excluding hydrogens is 374 g/mol. The van der Waals surface area contributed by atoms with Crippen molar-refractivity contribution >= 4 is 0 Å². The third-order valence-electron chi connectivity index (χ3n) is 8.98. The highest BCUT2D eigenvalue weighted by Crippen LogP contribution is 2.49. The van der Waals surface area contributed by atoms with Crippen molar-refractivity contribution in [3.8, 4) is 0 Å². The molecule has 168 valence electrons. The third-order valence-corrected chi connectivity index (χ3v) is 8.98. The minimum absolute atomic E-state index is 0.280. The van der Waals surface area contributed by atoms with Gasteiger partial charge in [0.25, 0.3) is 0 Å². The Kier molecular flexibility index (Phi) is 7.53. The van der Waals surface area contributed by atoms with Crippen LogP contribution in [0.3, 0.4) is 0 Å². The van der Waals surface area contributed by atoms with E-state index in [4.69, 9.17) is 0 Å². The zero-order valence-corrected chi connectivity index (χ0v) is 19.3. The molecule has 4 atom stereocenters. The van der Waals surface area contributed by atoms with Gasteiger partial charge in [-0.2, -0.15) is 0 Å². The summed E-state index contributed by atoms with van der Waals surface area (Å²) >= 11 is 0. The zero-order valence-electron chi connectivity index (χ0n) is 19.3. The van der Waals surface area contributed by atoms with Crippen molar-refractivity contribution in [2.75, 3.05) is 0 Å². The molecule has 30 heavy (non-hydrogen) atoms. The Balaban J connectivity index is 1.28. The molecule has 0 radical (unpaired) electrons. The van der Waals surface area contributed by atoms with Crippen LogP contribution in [0.5, 0.6) is 0 Å². The van der Waals surface area contributed by atoms with E-state index in [-0.39, 0.29) is 17.2 Å². The summed E-state index contributed by atoms with van der Waals surface area (Å²) in [5.41, 5.74) is 1.19. The maximum atomic E-state index is 14.5. The molecule has 0 amide bonds. The second-order valence-electron chi connectivity index (χ2n) is 11.1. The van der Waals surface area contributed by atoms with Crippen LogP contribution in [0.1, 0.15) is 114 Å². The summed E-state index contributed by atoms with van der Waals surface area (Å²) < 4.78 is 28.9. The third kappa shape index (κ3) is 5.28. The number of halogens is 2. The van der Waals surface area contributed by atoms with Crippen molar-refractivity contribution in [1.82, 2.24) is 0 Å². The second-order valence-corrected chi connectivity index (χ2v) is 11.1. The van der Waals surface area contributed by atoms with Crippen LogP contribution in [0, 0.1) is 41.2 Å².